The molecule has 0 spiro atoms. The van der Waals surface area contributed by atoms with Crippen molar-refractivity contribution in [2.75, 3.05) is 19.6 Å². The summed E-state index contributed by atoms with van der Waals surface area (Å²) >= 11 is 3.42. The van der Waals surface area contributed by atoms with E-state index in [-0.39, 0.29) is 17.7 Å². The molecule has 1 heterocycles. The molecule has 4 nitrogen and oxygen atoms in total. The fraction of sp³-hybridized carbons (Fsp3) is 0.556. The van der Waals surface area contributed by atoms with Crippen molar-refractivity contribution in [2.24, 2.45) is 5.92 Å². The van der Waals surface area contributed by atoms with Gasteiger partial charge in [-0.3, -0.25) is 9.59 Å². The van der Waals surface area contributed by atoms with Gasteiger partial charge in [0.1, 0.15) is 0 Å². The van der Waals surface area contributed by atoms with Crippen LogP contribution in [0, 0.1) is 5.92 Å². The average molecular weight is 379 g/mol. The molecule has 1 saturated heterocycles. The van der Waals surface area contributed by atoms with Crippen molar-refractivity contribution >= 4 is 27.7 Å². The molecule has 0 radical (unpaired) electrons. The van der Waals surface area contributed by atoms with E-state index in [1.807, 2.05) is 17.0 Å². The smallest absolute Gasteiger partial charge is 0.224 e. The van der Waals surface area contributed by atoms with Crippen LogP contribution in [0.3, 0.4) is 0 Å². The topological polar surface area (TPSA) is 49.4 Å². The fourth-order valence-corrected chi connectivity index (χ4v) is 3.55. The summed E-state index contributed by atoms with van der Waals surface area (Å²) in [5, 5.41) is 2.93. The lowest BCUT2D eigenvalue weighted by atomic mass is 10.1. The standard InChI is InChI=1S/C18H23BrN2O2/c19-14-6-4-13(5-7-14)15-12-16(15)18(23)20-9-8-17(22)21-10-2-1-3-11-21/h4-7,15-16H,1-3,8-12H2,(H,20,23)/t15-,16+/m0/s1. The van der Waals surface area contributed by atoms with Crippen molar-refractivity contribution in [3.8, 4) is 0 Å². The van der Waals surface area contributed by atoms with E-state index in [4.69, 9.17) is 0 Å². The SMILES string of the molecule is O=C(NCCC(=O)N1CCCCC1)[C@@H]1C[C@H]1c1ccc(Br)cc1. The van der Waals surface area contributed by atoms with Gasteiger partial charge in [0.2, 0.25) is 11.8 Å². The Morgan fingerprint density at radius 1 is 1.13 bits per heavy atom. The third kappa shape index (κ3) is 4.34. The summed E-state index contributed by atoms with van der Waals surface area (Å²) < 4.78 is 1.05. The Hall–Kier alpha value is -1.36. The summed E-state index contributed by atoms with van der Waals surface area (Å²) in [6.45, 7) is 2.21. The molecule has 3 rings (SSSR count). The van der Waals surface area contributed by atoms with Crippen LogP contribution in [0.1, 0.15) is 43.6 Å². The van der Waals surface area contributed by atoms with Gasteiger partial charge in [-0.2, -0.15) is 0 Å². The molecule has 0 unspecified atom stereocenters. The third-order valence-corrected chi connectivity index (χ3v) is 5.30. The average Bonchev–Trinajstić information content (AvgIpc) is 3.37. The maximum Gasteiger partial charge on any atom is 0.224 e. The molecule has 1 aliphatic carbocycles. The number of benzene rings is 1. The van der Waals surface area contributed by atoms with E-state index < -0.39 is 0 Å². The Labute approximate surface area is 145 Å². The third-order valence-electron chi connectivity index (χ3n) is 4.77. The molecule has 23 heavy (non-hydrogen) atoms. The molecule has 2 atom stereocenters. The minimum absolute atomic E-state index is 0.0706. The highest BCUT2D eigenvalue weighted by Crippen LogP contribution is 2.47. The van der Waals surface area contributed by atoms with Crippen LogP contribution in [0.4, 0.5) is 0 Å². The van der Waals surface area contributed by atoms with Crippen molar-refractivity contribution in [3.05, 3.63) is 34.3 Å². The number of piperidine rings is 1. The predicted molar refractivity (Wildman–Crippen MR) is 93.0 cm³/mol. The van der Waals surface area contributed by atoms with Gasteiger partial charge in [-0.1, -0.05) is 28.1 Å². The number of carbonyl (C=O) groups is 2. The van der Waals surface area contributed by atoms with Crippen LogP contribution < -0.4 is 5.32 Å². The molecule has 0 bridgehead atoms. The molecular weight excluding hydrogens is 356 g/mol. The van der Waals surface area contributed by atoms with Gasteiger partial charge in [0, 0.05) is 36.4 Å². The molecule has 0 aromatic heterocycles. The summed E-state index contributed by atoms with van der Waals surface area (Å²) in [5.41, 5.74) is 1.22. The Kier molecular flexibility index (Phi) is 5.36. The second kappa shape index (κ2) is 7.47. The quantitative estimate of drug-likeness (QED) is 0.855. The van der Waals surface area contributed by atoms with Crippen LogP contribution in [0.25, 0.3) is 0 Å². The molecule has 1 aromatic carbocycles. The maximum atomic E-state index is 12.2. The van der Waals surface area contributed by atoms with Crippen molar-refractivity contribution < 1.29 is 9.59 Å². The van der Waals surface area contributed by atoms with E-state index in [1.54, 1.807) is 0 Å². The van der Waals surface area contributed by atoms with Crippen LogP contribution in [0.5, 0.6) is 0 Å². The van der Waals surface area contributed by atoms with Crippen LogP contribution in [-0.2, 0) is 9.59 Å². The molecule has 2 aliphatic rings. The van der Waals surface area contributed by atoms with Gasteiger partial charge in [-0.15, -0.1) is 0 Å². The Morgan fingerprint density at radius 2 is 1.83 bits per heavy atom. The highest BCUT2D eigenvalue weighted by Gasteiger charge is 2.43. The summed E-state index contributed by atoms with van der Waals surface area (Å²) in [6, 6.07) is 8.17. The van der Waals surface area contributed by atoms with Gasteiger partial charge >= 0.3 is 0 Å². The summed E-state index contributed by atoms with van der Waals surface area (Å²) in [4.78, 5) is 26.1. The lowest BCUT2D eigenvalue weighted by molar-refractivity contribution is -0.132. The van der Waals surface area contributed by atoms with E-state index in [1.165, 1.54) is 12.0 Å². The number of rotatable bonds is 5. The normalized spacial score (nSPS) is 23.4. The van der Waals surface area contributed by atoms with Crippen molar-refractivity contribution in [1.82, 2.24) is 10.2 Å². The number of nitrogens with one attached hydrogen (secondary N) is 1. The van der Waals surface area contributed by atoms with Crippen molar-refractivity contribution in [3.63, 3.8) is 0 Å². The van der Waals surface area contributed by atoms with Crippen LogP contribution in [-0.4, -0.2) is 36.3 Å². The first kappa shape index (κ1) is 16.5. The zero-order valence-corrected chi connectivity index (χ0v) is 14.8. The Balaban J connectivity index is 1.39. The van der Waals surface area contributed by atoms with Gasteiger partial charge in [0.15, 0.2) is 0 Å². The molecular formula is C18H23BrN2O2. The van der Waals surface area contributed by atoms with Gasteiger partial charge in [0.25, 0.3) is 0 Å². The molecule has 1 aliphatic heterocycles. The van der Waals surface area contributed by atoms with Gasteiger partial charge in [-0.25, -0.2) is 0 Å². The number of hydrogen-bond donors (Lipinski definition) is 1. The van der Waals surface area contributed by atoms with Crippen LogP contribution >= 0.6 is 15.9 Å². The summed E-state index contributed by atoms with van der Waals surface area (Å²) in [6.07, 6.45) is 4.76. The minimum atomic E-state index is 0.0706. The molecule has 1 saturated carbocycles. The van der Waals surface area contributed by atoms with Crippen molar-refractivity contribution in [1.29, 1.82) is 0 Å². The van der Waals surface area contributed by atoms with E-state index in [0.717, 1.165) is 36.8 Å². The van der Waals surface area contributed by atoms with Gasteiger partial charge < -0.3 is 10.2 Å². The monoisotopic (exact) mass is 378 g/mol. The number of carbonyl (C=O) groups excluding carboxylic acids is 2. The van der Waals surface area contributed by atoms with E-state index in [0.29, 0.717) is 18.9 Å². The highest BCUT2D eigenvalue weighted by molar-refractivity contribution is 9.10. The number of likely N-dealkylation sites (tertiary alicyclic amines) is 1. The number of nitrogens with zero attached hydrogens (tertiary/aromatic N) is 1. The fourth-order valence-electron chi connectivity index (χ4n) is 3.29. The molecule has 124 valence electrons. The first-order chi connectivity index (χ1) is 11.1. The second-order valence-electron chi connectivity index (χ2n) is 6.48. The zero-order chi connectivity index (χ0) is 16.2. The first-order valence-corrected chi connectivity index (χ1v) is 9.25. The van der Waals surface area contributed by atoms with Crippen LogP contribution in [0.2, 0.25) is 0 Å². The summed E-state index contributed by atoms with van der Waals surface area (Å²) in [5.74, 6) is 0.664. The first-order valence-electron chi connectivity index (χ1n) is 8.46. The molecule has 5 heteroatoms. The van der Waals surface area contributed by atoms with Gasteiger partial charge in [-0.05, 0) is 49.3 Å². The van der Waals surface area contributed by atoms with Crippen LogP contribution in [0.15, 0.2) is 28.7 Å². The number of hydrogen-bond acceptors (Lipinski definition) is 2. The van der Waals surface area contributed by atoms with E-state index in [9.17, 15) is 9.59 Å². The highest BCUT2D eigenvalue weighted by atomic mass is 79.9. The molecule has 1 N–H and O–H groups in total. The lowest BCUT2D eigenvalue weighted by Gasteiger charge is -2.26. The minimum Gasteiger partial charge on any atom is -0.355 e. The number of amides is 2. The largest absolute Gasteiger partial charge is 0.355 e. The van der Waals surface area contributed by atoms with E-state index >= 15 is 0 Å². The molecule has 2 amide bonds. The van der Waals surface area contributed by atoms with E-state index in [2.05, 4.69) is 33.4 Å². The maximum absolute atomic E-state index is 12.2. The number of halogens is 1. The molecule has 2 fully saturated rings. The Morgan fingerprint density at radius 3 is 2.52 bits per heavy atom. The second-order valence-corrected chi connectivity index (χ2v) is 7.40. The zero-order valence-electron chi connectivity index (χ0n) is 13.3. The molecule has 1 aromatic rings. The predicted octanol–water partition coefficient (Wildman–Crippen LogP) is 3.07. The lowest BCUT2D eigenvalue weighted by Crippen LogP contribution is -2.38. The van der Waals surface area contributed by atoms with Crippen molar-refractivity contribution in [2.45, 2.75) is 38.0 Å². The Bertz CT molecular complexity index is 567. The van der Waals surface area contributed by atoms with Gasteiger partial charge in [0.05, 0.1) is 0 Å². The summed E-state index contributed by atoms with van der Waals surface area (Å²) in [7, 11) is 0.